The van der Waals surface area contributed by atoms with E-state index in [9.17, 15) is 0 Å². The number of piperidine rings is 1. The average molecular weight is 457 g/mol. The van der Waals surface area contributed by atoms with Crippen molar-refractivity contribution in [3.63, 3.8) is 0 Å². The summed E-state index contributed by atoms with van der Waals surface area (Å²) in [6.45, 7) is 11.0. The highest BCUT2D eigenvalue weighted by Gasteiger charge is 2.31. The third-order valence-electron chi connectivity index (χ3n) is 8.35. The molecule has 2 N–H and O–H groups in total. The molecule has 0 aromatic heterocycles. The summed E-state index contributed by atoms with van der Waals surface area (Å²) in [5.41, 5.74) is 2.58. The Morgan fingerprint density at radius 3 is 2.67 bits per heavy atom. The number of hydrogen-bond donors (Lipinski definition) is 2. The minimum absolute atomic E-state index is 0.396. The van der Waals surface area contributed by atoms with Crippen LogP contribution in [0.5, 0.6) is 5.75 Å². The molecule has 184 valence electrons. The molecule has 1 aromatic carbocycles. The van der Waals surface area contributed by atoms with Gasteiger partial charge in [-0.05, 0) is 62.1 Å². The zero-order valence-electron chi connectivity index (χ0n) is 20.6. The van der Waals surface area contributed by atoms with Crippen molar-refractivity contribution in [2.24, 2.45) is 11.8 Å². The van der Waals surface area contributed by atoms with Gasteiger partial charge in [0.1, 0.15) is 5.75 Å². The van der Waals surface area contributed by atoms with Crippen LogP contribution in [-0.4, -0.2) is 70.2 Å². The Hall–Kier alpha value is -1.34. The molecule has 0 amide bonds. The number of nitrogens with one attached hydrogen (secondary N) is 2. The zero-order valence-corrected chi connectivity index (χ0v) is 20.6. The van der Waals surface area contributed by atoms with Crippen LogP contribution in [0.3, 0.4) is 0 Å². The second kappa shape index (κ2) is 11.4. The molecule has 3 heterocycles. The van der Waals surface area contributed by atoms with Crippen LogP contribution in [0.4, 0.5) is 5.69 Å². The topological polar surface area (TPSA) is 49.0 Å². The fraction of sp³-hybridized carbons (Fsp3) is 0.778. The van der Waals surface area contributed by atoms with Gasteiger partial charge >= 0.3 is 0 Å². The maximum absolute atomic E-state index is 6.21. The molecule has 1 aromatic rings. The highest BCUT2D eigenvalue weighted by molar-refractivity contribution is 5.60. The summed E-state index contributed by atoms with van der Waals surface area (Å²) >= 11 is 0. The van der Waals surface area contributed by atoms with Gasteiger partial charge in [0.15, 0.2) is 0 Å². The van der Waals surface area contributed by atoms with Crippen molar-refractivity contribution in [1.29, 1.82) is 0 Å². The molecule has 4 aliphatic rings. The van der Waals surface area contributed by atoms with Gasteiger partial charge in [-0.1, -0.05) is 25.3 Å². The smallest absolute Gasteiger partial charge is 0.142 e. The number of benzene rings is 1. The summed E-state index contributed by atoms with van der Waals surface area (Å²) < 4.78 is 12.3. The van der Waals surface area contributed by atoms with Crippen LogP contribution in [0.2, 0.25) is 0 Å². The van der Waals surface area contributed by atoms with Gasteiger partial charge in [-0.25, -0.2) is 0 Å². The number of piperazine rings is 1. The molecule has 4 atom stereocenters. The predicted octanol–water partition coefficient (Wildman–Crippen LogP) is 3.77. The van der Waals surface area contributed by atoms with E-state index < -0.39 is 0 Å². The van der Waals surface area contributed by atoms with Gasteiger partial charge in [0.05, 0.1) is 25.6 Å². The van der Waals surface area contributed by atoms with Gasteiger partial charge in [0.25, 0.3) is 0 Å². The summed E-state index contributed by atoms with van der Waals surface area (Å²) in [7, 11) is 0. The van der Waals surface area contributed by atoms with Crippen LogP contribution in [0.1, 0.15) is 63.5 Å². The van der Waals surface area contributed by atoms with E-state index >= 15 is 0 Å². The van der Waals surface area contributed by atoms with Crippen LogP contribution < -0.4 is 20.3 Å². The van der Waals surface area contributed by atoms with E-state index in [0.717, 1.165) is 57.1 Å². The second-order valence-electron chi connectivity index (χ2n) is 10.6. The lowest BCUT2D eigenvalue weighted by molar-refractivity contribution is -0.0205. The monoisotopic (exact) mass is 456 g/mol. The molecule has 1 saturated carbocycles. The molecule has 3 aliphatic heterocycles. The van der Waals surface area contributed by atoms with Crippen molar-refractivity contribution in [3.8, 4) is 5.75 Å². The molecule has 4 fully saturated rings. The zero-order chi connectivity index (χ0) is 22.5. The largest absolute Gasteiger partial charge is 0.492 e. The van der Waals surface area contributed by atoms with Gasteiger partial charge < -0.3 is 25.0 Å². The highest BCUT2D eigenvalue weighted by atomic mass is 16.5. The summed E-state index contributed by atoms with van der Waals surface area (Å²) in [4.78, 5) is 5.00. The van der Waals surface area contributed by atoms with Crippen molar-refractivity contribution >= 4 is 5.69 Å². The standard InChI is InChI=1S/C27H44N4O2/c1-2-33-27-17-22(7-10-26(27)31-15-12-28-13-16-31)25-9-8-24(29-25)19-32-20-30-14-11-21-5-3-4-6-23(21)18-30/h7,10,17,21,23-25,28-29H,2-6,8-9,11-16,18-20H2,1H3. The Labute approximate surface area is 200 Å². The Morgan fingerprint density at radius 1 is 0.970 bits per heavy atom. The molecule has 0 bridgehead atoms. The first-order valence-electron chi connectivity index (χ1n) is 13.6. The Bertz CT molecular complexity index is 754. The number of likely N-dealkylation sites (tertiary alicyclic amines) is 1. The Kier molecular flexibility index (Phi) is 8.08. The van der Waals surface area contributed by atoms with Crippen molar-refractivity contribution in [1.82, 2.24) is 15.5 Å². The van der Waals surface area contributed by atoms with E-state index in [1.165, 1.54) is 69.3 Å². The lowest BCUT2D eigenvalue weighted by Gasteiger charge is -2.41. The number of fused-ring (bicyclic) bond motifs is 1. The fourth-order valence-corrected chi connectivity index (χ4v) is 6.52. The van der Waals surface area contributed by atoms with Crippen molar-refractivity contribution in [3.05, 3.63) is 23.8 Å². The molecule has 6 nitrogen and oxygen atoms in total. The molecule has 33 heavy (non-hydrogen) atoms. The van der Waals surface area contributed by atoms with Gasteiger partial charge in [0, 0.05) is 51.4 Å². The van der Waals surface area contributed by atoms with E-state index in [-0.39, 0.29) is 0 Å². The molecular formula is C27H44N4O2. The van der Waals surface area contributed by atoms with Gasteiger partial charge in [-0.2, -0.15) is 0 Å². The van der Waals surface area contributed by atoms with Crippen LogP contribution in [0, 0.1) is 11.8 Å². The summed E-state index contributed by atoms with van der Waals surface area (Å²) in [5, 5.41) is 7.28. The van der Waals surface area contributed by atoms with E-state index in [4.69, 9.17) is 9.47 Å². The number of hydrogen-bond acceptors (Lipinski definition) is 6. The SMILES string of the molecule is CCOc1cc(C2CCC(COCN3CCC4CCCCC4C3)N2)ccc1N1CCNCC1. The molecule has 1 aliphatic carbocycles. The second-order valence-corrected chi connectivity index (χ2v) is 10.6. The normalized spacial score (nSPS) is 30.9. The third-order valence-corrected chi connectivity index (χ3v) is 8.35. The van der Waals surface area contributed by atoms with Gasteiger partial charge in [-0.15, -0.1) is 0 Å². The number of anilines is 1. The predicted molar refractivity (Wildman–Crippen MR) is 134 cm³/mol. The Balaban J connectivity index is 1.10. The first-order valence-corrected chi connectivity index (χ1v) is 13.6. The molecule has 3 saturated heterocycles. The third kappa shape index (κ3) is 5.84. The summed E-state index contributed by atoms with van der Waals surface area (Å²) in [5.74, 6) is 2.95. The van der Waals surface area contributed by atoms with Crippen molar-refractivity contribution in [2.75, 3.05) is 64.1 Å². The molecule has 6 heteroatoms. The quantitative estimate of drug-likeness (QED) is 0.621. The minimum Gasteiger partial charge on any atom is -0.492 e. The maximum Gasteiger partial charge on any atom is 0.142 e. The maximum atomic E-state index is 6.21. The summed E-state index contributed by atoms with van der Waals surface area (Å²) in [6, 6.07) is 7.69. The highest BCUT2D eigenvalue weighted by Crippen LogP contribution is 2.37. The Morgan fingerprint density at radius 2 is 1.82 bits per heavy atom. The first-order chi connectivity index (χ1) is 16.3. The first kappa shape index (κ1) is 23.4. The summed E-state index contributed by atoms with van der Waals surface area (Å²) in [6.07, 6.45) is 9.52. The fourth-order valence-electron chi connectivity index (χ4n) is 6.52. The van der Waals surface area contributed by atoms with E-state index in [1.807, 2.05) is 0 Å². The van der Waals surface area contributed by atoms with E-state index in [0.29, 0.717) is 18.7 Å². The number of nitrogens with zero attached hydrogens (tertiary/aromatic N) is 2. The number of ether oxygens (including phenoxy) is 2. The lowest BCUT2D eigenvalue weighted by atomic mass is 9.75. The molecule has 0 spiro atoms. The molecular weight excluding hydrogens is 412 g/mol. The van der Waals surface area contributed by atoms with Crippen molar-refractivity contribution in [2.45, 2.75) is 64.0 Å². The number of rotatable bonds is 8. The molecule has 0 radical (unpaired) electrons. The van der Waals surface area contributed by atoms with Gasteiger partial charge in [0.2, 0.25) is 0 Å². The molecule has 4 unspecified atom stereocenters. The lowest BCUT2D eigenvalue weighted by Crippen LogP contribution is -2.43. The van der Waals surface area contributed by atoms with Crippen LogP contribution >= 0.6 is 0 Å². The van der Waals surface area contributed by atoms with Crippen molar-refractivity contribution < 1.29 is 9.47 Å². The van der Waals surface area contributed by atoms with Crippen LogP contribution in [0.15, 0.2) is 18.2 Å². The minimum atomic E-state index is 0.396. The van der Waals surface area contributed by atoms with Crippen LogP contribution in [0.25, 0.3) is 0 Å². The average Bonchev–Trinajstić information content (AvgIpc) is 3.34. The molecule has 5 rings (SSSR count). The van der Waals surface area contributed by atoms with Gasteiger partial charge in [-0.3, -0.25) is 4.90 Å². The van der Waals surface area contributed by atoms with E-state index in [2.05, 4.69) is 45.6 Å². The van der Waals surface area contributed by atoms with Crippen LogP contribution in [-0.2, 0) is 4.74 Å². The van der Waals surface area contributed by atoms with E-state index in [1.54, 1.807) is 0 Å².